The highest BCUT2D eigenvalue weighted by atomic mass is 127. The fourth-order valence-electron chi connectivity index (χ4n) is 1.07. The smallest absolute Gasteiger partial charge is 0.180 e. The first kappa shape index (κ1) is 8.49. The zero-order valence-electron chi connectivity index (χ0n) is 6.66. The first-order valence-corrected chi connectivity index (χ1v) is 4.81. The highest BCUT2D eigenvalue weighted by molar-refractivity contribution is 14.1. The van der Waals surface area contributed by atoms with E-state index >= 15 is 0 Å². The zero-order valence-corrected chi connectivity index (χ0v) is 8.82. The summed E-state index contributed by atoms with van der Waals surface area (Å²) >= 11 is 2.09. The summed E-state index contributed by atoms with van der Waals surface area (Å²) in [6.45, 7) is 0. The molecule has 0 aliphatic rings. The number of hydrogen-bond acceptors (Lipinski definition) is 3. The van der Waals surface area contributed by atoms with Crippen LogP contribution >= 0.6 is 22.9 Å². The first-order valence-electron chi connectivity index (χ1n) is 3.73. The SMILES string of the molecule is INc1cccc(-c2nc[nH]n2)c1. The molecule has 4 nitrogen and oxygen atoms in total. The van der Waals surface area contributed by atoms with Crippen LogP contribution in [0.25, 0.3) is 11.4 Å². The minimum absolute atomic E-state index is 0.716. The Morgan fingerprint density at radius 3 is 3.00 bits per heavy atom. The molecule has 2 aromatic rings. The molecule has 1 aromatic heterocycles. The van der Waals surface area contributed by atoms with Crippen LogP contribution < -0.4 is 3.53 Å². The summed E-state index contributed by atoms with van der Waals surface area (Å²) in [6, 6.07) is 7.92. The maximum absolute atomic E-state index is 4.06. The zero-order chi connectivity index (χ0) is 9.10. The third kappa shape index (κ3) is 1.80. The van der Waals surface area contributed by atoms with Gasteiger partial charge in [-0.15, -0.1) is 0 Å². The number of benzene rings is 1. The van der Waals surface area contributed by atoms with Crippen LogP contribution in [0.3, 0.4) is 0 Å². The summed E-state index contributed by atoms with van der Waals surface area (Å²) in [5.74, 6) is 0.716. The van der Waals surface area contributed by atoms with Crippen molar-refractivity contribution in [3.8, 4) is 11.4 Å². The average molecular weight is 286 g/mol. The predicted molar refractivity (Wildman–Crippen MR) is 59.5 cm³/mol. The molecule has 0 unspecified atom stereocenters. The number of H-pyrrole nitrogens is 1. The van der Waals surface area contributed by atoms with Gasteiger partial charge in [-0.25, -0.2) is 4.98 Å². The number of rotatable bonds is 2. The Hall–Kier alpha value is -1.11. The second-order valence-electron chi connectivity index (χ2n) is 2.50. The Balaban J connectivity index is 2.41. The van der Waals surface area contributed by atoms with Crippen LogP contribution in [0.4, 0.5) is 5.69 Å². The van der Waals surface area contributed by atoms with Crippen LogP contribution in [-0.2, 0) is 0 Å². The maximum atomic E-state index is 4.06. The van der Waals surface area contributed by atoms with Gasteiger partial charge in [0.15, 0.2) is 5.82 Å². The van der Waals surface area contributed by atoms with Gasteiger partial charge in [0, 0.05) is 11.3 Å². The van der Waals surface area contributed by atoms with Crippen LogP contribution in [0, 0.1) is 0 Å². The van der Waals surface area contributed by atoms with Crippen molar-refractivity contribution in [3.05, 3.63) is 30.6 Å². The second kappa shape index (κ2) is 3.73. The highest BCUT2D eigenvalue weighted by Gasteiger charge is 2.00. The van der Waals surface area contributed by atoms with E-state index in [9.17, 15) is 0 Å². The molecule has 2 rings (SSSR count). The minimum atomic E-state index is 0.716. The van der Waals surface area contributed by atoms with Gasteiger partial charge < -0.3 is 3.53 Å². The normalized spacial score (nSPS) is 9.92. The molecule has 0 aliphatic heterocycles. The van der Waals surface area contributed by atoms with E-state index in [0.29, 0.717) is 5.82 Å². The lowest BCUT2D eigenvalue weighted by Gasteiger charge is -1.99. The lowest BCUT2D eigenvalue weighted by molar-refractivity contribution is 1.10. The number of nitrogens with one attached hydrogen (secondary N) is 2. The highest BCUT2D eigenvalue weighted by Crippen LogP contribution is 2.19. The molecular weight excluding hydrogens is 279 g/mol. The van der Waals surface area contributed by atoms with Crippen molar-refractivity contribution >= 4 is 28.6 Å². The average Bonchev–Trinajstić information content (AvgIpc) is 2.71. The number of anilines is 1. The molecule has 1 aromatic carbocycles. The van der Waals surface area contributed by atoms with Crippen molar-refractivity contribution in [2.75, 3.05) is 3.53 Å². The van der Waals surface area contributed by atoms with Gasteiger partial charge in [-0.05, 0) is 12.1 Å². The van der Waals surface area contributed by atoms with Gasteiger partial charge in [0.1, 0.15) is 6.33 Å². The van der Waals surface area contributed by atoms with Crippen molar-refractivity contribution in [1.82, 2.24) is 15.2 Å². The Bertz CT molecular complexity index is 385. The quantitative estimate of drug-likeness (QED) is 0.657. The molecule has 5 heteroatoms. The molecule has 1 heterocycles. The van der Waals surface area contributed by atoms with Gasteiger partial charge in [0.05, 0.1) is 22.9 Å². The van der Waals surface area contributed by atoms with Gasteiger partial charge in [-0.1, -0.05) is 12.1 Å². The summed E-state index contributed by atoms with van der Waals surface area (Å²) < 4.78 is 3.03. The first-order chi connectivity index (χ1) is 6.40. The Labute approximate surface area is 89.3 Å². The van der Waals surface area contributed by atoms with Gasteiger partial charge >= 0.3 is 0 Å². The lowest BCUT2D eigenvalue weighted by Crippen LogP contribution is -1.83. The topological polar surface area (TPSA) is 53.6 Å². The van der Waals surface area contributed by atoms with E-state index in [-0.39, 0.29) is 0 Å². The molecule has 0 radical (unpaired) electrons. The standard InChI is InChI=1S/C8H7IN4/c9-12-7-3-1-2-6(4-7)8-10-5-11-13-8/h1-5,12H,(H,10,11,13). The molecule has 66 valence electrons. The molecule has 13 heavy (non-hydrogen) atoms. The molecule has 0 aliphatic carbocycles. The summed E-state index contributed by atoms with van der Waals surface area (Å²) in [5.41, 5.74) is 2.05. The van der Waals surface area contributed by atoms with Gasteiger partial charge in [-0.3, -0.25) is 5.10 Å². The molecule has 0 fully saturated rings. The van der Waals surface area contributed by atoms with Crippen molar-refractivity contribution in [1.29, 1.82) is 0 Å². The van der Waals surface area contributed by atoms with Crippen LogP contribution in [-0.4, -0.2) is 15.2 Å². The summed E-state index contributed by atoms with van der Waals surface area (Å²) in [5, 5.41) is 6.68. The number of aromatic amines is 1. The Morgan fingerprint density at radius 2 is 2.31 bits per heavy atom. The molecule has 0 saturated heterocycles. The number of hydrogen-bond donors (Lipinski definition) is 2. The molecule has 0 bridgehead atoms. The lowest BCUT2D eigenvalue weighted by atomic mass is 10.2. The van der Waals surface area contributed by atoms with E-state index in [0.717, 1.165) is 11.3 Å². The van der Waals surface area contributed by atoms with Crippen LogP contribution in [0.5, 0.6) is 0 Å². The number of nitrogens with zero attached hydrogens (tertiary/aromatic N) is 2. The van der Waals surface area contributed by atoms with Crippen molar-refractivity contribution < 1.29 is 0 Å². The third-order valence-corrected chi connectivity index (χ3v) is 2.27. The molecule has 0 atom stereocenters. The van der Waals surface area contributed by atoms with Gasteiger partial charge in [0.25, 0.3) is 0 Å². The van der Waals surface area contributed by atoms with E-state index < -0.39 is 0 Å². The second-order valence-corrected chi connectivity index (χ2v) is 3.04. The molecule has 0 saturated carbocycles. The molecular formula is C8H7IN4. The number of halogens is 1. The van der Waals surface area contributed by atoms with E-state index in [1.165, 1.54) is 0 Å². The van der Waals surface area contributed by atoms with Crippen LogP contribution in [0.1, 0.15) is 0 Å². The number of aromatic nitrogens is 3. The van der Waals surface area contributed by atoms with Crippen molar-refractivity contribution in [2.45, 2.75) is 0 Å². The third-order valence-electron chi connectivity index (χ3n) is 1.64. The van der Waals surface area contributed by atoms with E-state index in [2.05, 4.69) is 41.6 Å². The molecule has 2 N–H and O–H groups in total. The summed E-state index contributed by atoms with van der Waals surface area (Å²) in [4.78, 5) is 4.06. The van der Waals surface area contributed by atoms with Gasteiger partial charge in [0.2, 0.25) is 0 Å². The van der Waals surface area contributed by atoms with Gasteiger partial charge in [-0.2, -0.15) is 5.10 Å². The van der Waals surface area contributed by atoms with Crippen LogP contribution in [0.15, 0.2) is 30.6 Å². The predicted octanol–water partition coefficient (Wildman–Crippen LogP) is 2.23. The van der Waals surface area contributed by atoms with Crippen molar-refractivity contribution in [2.24, 2.45) is 0 Å². The fraction of sp³-hybridized carbons (Fsp3) is 0. The summed E-state index contributed by atoms with van der Waals surface area (Å²) in [6.07, 6.45) is 1.57. The molecule has 0 amide bonds. The van der Waals surface area contributed by atoms with Crippen molar-refractivity contribution in [3.63, 3.8) is 0 Å². The van der Waals surface area contributed by atoms with E-state index in [1.54, 1.807) is 6.33 Å². The maximum Gasteiger partial charge on any atom is 0.180 e. The largest absolute Gasteiger partial charge is 0.328 e. The van der Waals surface area contributed by atoms with Crippen LogP contribution in [0.2, 0.25) is 0 Å². The van der Waals surface area contributed by atoms with E-state index in [4.69, 9.17) is 0 Å². The Kier molecular flexibility index (Phi) is 2.44. The summed E-state index contributed by atoms with van der Waals surface area (Å²) in [7, 11) is 0. The fourth-order valence-corrected chi connectivity index (χ4v) is 1.40. The Morgan fingerprint density at radius 1 is 1.38 bits per heavy atom. The molecule has 0 spiro atoms. The van der Waals surface area contributed by atoms with E-state index in [1.807, 2.05) is 24.3 Å². The minimum Gasteiger partial charge on any atom is -0.328 e. The monoisotopic (exact) mass is 286 g/mol.